The number of ether oxygens (including phenoxy) is 1. The fourth-order valence-corrected chi connectivity index (χ4v) is 2.63. The highest BCUT2D eigenvalue weighted by atomic mass is 16.5. The van der Waals surface area contributed by atoms with Crippen LogP contribution in [-0.4, -0.2) is 30.8 Å². The Labute approximate surface area is 156 Å². The van der Waals surface area contributed by atoms with Gasteiger partial charge in [-0.05, 0) is 56.5 Å². The summed E-state index contributed by atoms with van der Waals surface area (Å²) in [6.45, 7) is 8.82. The third-order valence-electron chi connectivity index (χ3n) is 3.89. The van der Waals surface area contributed by atoms with Crippen LogP contribution < -0.4 is 15.4 Å². The lowest BCUT2D eigenvalue weighted by Gasteiger charge is -2.13. The van der Waals surface area contributed by atoms with Crippen LogP contribution in [0.2, 0.25) is 0 Å². The summed E-state index contributed by atoms with van der Waals surface area (Å²) in [4.78, 5) is 4.67. The van der Waals surface area contributed by atoms with Gasteiger partial charge in [-0.1, -0.05) is 24.3 Å². The van der Waals surface area contributed by atoms with Gasteiger partial charge in [-0.2, -0.15) is 0 Å². The van der Waals surface area contributed by atoms with E-state index in [1.807, 2.05) is 26.0 Å². The number of rotatable bonds is 8. The lowest BCUT2D eigenvalue weighted by Crippen LogP contribution is -2.38. The van der Waals surface area contributed by atoms with E-state index in [-0.39, 0.29) is 0 Å². The molecule has 26 heavy (non-hydrogen) atoms. The Balaban J connectivity index is 1.98. The Bertz CT molecular complexity index is 729. The zero-order valence-electron chi connectivity index (χ0n) is 15.9. The average Bonchev–Trinajstić information content (AvgIpc) is 2.61. The van der Waals surface area contributed by atoms with E-state index in [1.54, 1.807) is 12.1 Å². The number of aromatic hydroxyl groups is 1. The Morgan fingerprint density at radius 2 is 1.96 bits per heavy atom. The molecule has 0 radical (unpaired) electrons. The van der Waals surface area contributed by atoms with E-state index in [1.165, 1.54) is 5.56 Å². The predicted octanol–water partition coefficient (Wildman–Crippen LogP) is 3.40. The first-order valence-electron chi connectivity index (χ1n) is 9.14. The lowest BCUT2D eigenvalue weighted by atomic mass is 10.1. The van der Waals surface area contributed by atoms with Crippen LogP contribution in [-0.2, 0) is 13.0 Å². The molecule has 0 aliphatic heterocycles. The number of nitrogens with one attached hydrogen (secondary N) is 2. The van der Waals surface area contributed by atoms with Gasteiger partial charge in [0.15, 0.2) is 5.96 Å². The fraction of sp³-hybridized carbons (Fsp3) is 0.381. The molecule has 2 aromatic rings. The summed E-state index contributed by atoms with van der Waals surface area (Å²) in [6.07, 6.45) is 0.813. The molecule has 0 amide bonds. The van der Waals surface area contributed by atoms with Crippen molar-refractivity contribution in [2.24, 2.45) is 4.99 Å². The number of hydrogen-bond acceptors (Lipinski definition) is 3. The molecule has 0 spiro atoms. The molecule has 0 saturated carbocycles. The molecule has 3 N–H and O–H groups in total. The minimum Gasteiger partial charge on any atom is -0.508 e. The molecule has 2 aromatic carbocycles. The fourth-order valence-electron chi connectivity index (χ4n) is 2.63. The van der Waals surface area contributed by atoms with Crippen LogP contribution in [0.4, 0.5) is 0 Å². The Kier molecular flexibility index (Phi) is 7.80. The number of phenolic OH excluding ortho intramolecular Hbond substituents is 1. The Morgan fingerprint density at radius 3 is 2.69 bits per heavy atom. The van der Waals surface area contributed by atoms with Crippen molar-refractivity contribution in [3.63, 3.8) is 0 Å². The molecule has 0 bridgehead atoms. The Hall–Kier alpha value is -2.69. The van der Waals surface area contributed by atoms with Gasteiger partial charge in [-0.3, -0.25) is 0 Å². The Morgan fingerprint density at radius 1 is 1.12 bits per heavy atom. The summed E-state index contributed by atoms with van der Waals surface area (Å²) < 4.78 is 5.73. The number of guanidine groups is 1. The van der Waals surface area contributed by atoms with Crippen LogP contribution in [0.25, 0.3) is 0 Å². The number of aliphatic imine (C=N–C) groups is 1. The van der Waals surface area contributed by atoms with E-state index in [9.17, 15) is 5.11 Å². The number of nitrogens with zero attached hydrogens (tertiary/aromatic N) is 1. The monoisotopic (exact) mass is 355 g/mol. The van der Waals surface area contributed by atoms with Gasteiger partial charge in [-0.25, -0.2) is 4.99 Å². The van der Waals surface area contributed by atoms with E-state index >= 15 is 0 Å². The minimum atomic E-state index is 0.297. The molecule has 0 heterocycles. The molecular formula is C21H29N3O2. The van der Waals surface area contributed by atoms with Gasteiger partial charge in [-0.15, -0.1) is 0 Å². The zero-order valence-corrected chi connectivity index (χ0v) is 15.9. The SMILES string of the molecule is CCNC(=NCc1ccc(C)cc1OCC)NCCc1cccc(O)c1. The van der Waals surface area contributed by atoms with Gasteiger partial charge in [0.05, 0.1) is 13.2 Å². The third-order valence-corrected chi connectivity index (χ3v) is 3.89. The highest BCUT2D eigenvalue weighted by molar-refractivity contribution is 5.79. The summed E-state index contributed by atoms with van der Waals surface area (Å²) in [5.41, 5.74) is 3.34. The number of aryl methyl sites for hydroxylation is 1. The van der Waals surface area contributed by atoms with E-state index < -0.39 is 0 Å². The summed E-state index contributed by atoms with van der Waals surface area (Å²) in [5.74, 6) is 1.97. The number of hydrogen-bond donors (Lipinski definition) is 3. The van der Waals surface area contributed by atoms with Crippen molar-refractivity contribution in [2.45, 2.75) is 33.7 Å². The molecule has 5 heteroatoms. The van der Waals surface area contributed by atoms with Gasteiger partial charge < -0.3 is 20.5 Å². The van der Waals surface area contributed by atoms with Crippen molar-refractivity contribution in [1.82, 2.24) is 10.6 Å². The molecule has 0 aliphatic carbocycles. The summed E-state index contributed by atoms with van der Waals surface area (Å²) >= 11 is 0. The van der Waals surface area contributed by atoms with Crippen LogP contribution in [0.1, 0.15) is 30.5 Å². The molecule has 0 atom stereocenters. The van der Waals surface area contributed by atoms with Crippen molar-refractivity contribution < 1.29 is 9.84 Å². The molecule has 0 aromatic heterocycles. The molecular weight excluding hydrogens is 326 g/mol. The van der Waals surface area contributed by atoms with E-state index in [4.69, 9.17) is 4.74 Å². The smallest absolute Gasteiger partial charge is 0.191 e. The van der Waals surface area contributed by atoms with Crippen LogP contribution in [0.15, 0.2) is 47.5 Å². The highest BCUT2D eigenvalue weighted by Crippen LogP contribution is 2.21. The topological polar surface area (TPSA) is 65.9 Å². The normalized spacial score (nSPS) is 11.3. The van der Waals surface area contributed by atoms with Crippen LogP contribution >= 0.6 is 0 Å². The van der Waals surface area contributed by atoms with Gasteiger partial charge in [0, 0.05) is 18.7 Å². The molecule has 0 saturated heterocycles. The second kappa shape index (κ2) is 10.3. The van der Waals surface area contributed by atoms with Crippen LogP contribution in [0.3, 0.4) is 0 Å². The molecule has 0 unspecified atom stereocenters. The largest absolute Gasteiger partial charge is 0.508 e. The summed E-state index contributed by atoms with van der Waals surface area (Å²) in [6, 6.07) is 13.5. The van der Waals surface area contributed by atoms with Crippen molar-refractivity contribution in [2.75, 3.05) is 19.7 Å². The van der Waals surface area contributed by atoms with Crippen molar-refractivity contribution in [3.05, 3.63) is 59.2 Å². The van der Waals surface area contributed by atoms with Gasteiger partial charge in [0.2, 0.25) is 0 Å². The van der Waals surface area contributed by atoms with E-state index in [0.29, 0.717) is 18.9 Å². The maximum absolute atomic E-state index is 9.54. The molecule has 0 fully saturated rings. The number of phenols is 1. The first kappa shape index (κ1) is 19.6. The quantitative estimate of drug-likeness (QED) is 0.502. The minimum absolute atomic E-state index is 0.297. The maximum Gasteiger partial charge on any atom is 0.191 e. The summed E-state index contributed by atoms with van der Waals surface area (Å²) in [5, 5.41) is 16.1. The second-order valence-electron chi connectivity index (χ2n) is 6.09. The van der Waals surface area contributed by atoms with Gasteiger partial charge in [0.1, 0.15) is 11.5 Å². The second-order valence-corrected chi connectivity index (χ2v) is 6.09. The van der Waals surface area contributed by atoms with Crippen molar-refractivity contribution in [1.29, 1.82) is 0 Å². The zero-order chi connectivity index (χ0) is 18.8. The van der Waals surface area contributed by atoms with Gasteiger partial charge in [0.25, 0.3) is 0 Å². The number of benzene rings is 2. The van der Waals surface area contributed by atoms with Crippen molar-refractivity contribution >= 4 is 5.96 Å². The van der Waals surface area contributed by atoms with Crippen LogP contribution in [0.5, 0.6) is 11.5 Å². The van der Waals surface area contributed by atoms with E-state index in [0.717, 1.165) is 42.3 Å². The summed E-state index contributed by atoms with van der Waals surface area (Å²) in [7, 11) is 0. The standard InChI is InChI=1S/C21H29N3O2/c1-4-22-21(23-12-11-17-7-6-8-19(25)14-17)24-15-18-10-9-16(3)13-20(18)26-5-2/h6-10,13-14,25H,4-5,11-12,15H2,1-3H3,(H2,22,23,24). The predicted molar refractivity (Wildman–Crippen MR) is 107 cm³/mol. The first-order chi connectivity index (χ1) is 12.6. The van der Waals surface area contributed by atoms with Gasteiger partial charge >= 0.3 is 0 Å². The molecule has 140 valence electrons. The van der Waals surface area contributed by atoms with E-state index in [2.05, 4.69) is 40.7 Å². The highest BCUT2D eigenvalue weighted by Gasteiger charge is 2.05. The first-order valence-corrected chi connectivity index (χ1v) is 9.14. The molecule has 0 aliphatic rings. The molecule has 2 rings (SSSR count). The third kappa shape index (κ3) is 6.31. The average molecular weight is 355 g/mol. The van der Waals surface area contributed by atoms with Crippen LogP contribution in [0, 0.1) is 6.92 Å². The molecule has 5 nitrogen and oxygen atoms in total. The lowest BCUT2D eigenvalue weighted by molar-refractivity contribution is 0.336. The van der Waals surface area contributed by atoms with Crippen molar-refractivity contribution in [3.8, 4) is 11.5 Å². The maximum atomic E-state index is 9.54.